The molecule has 1 fully saturated rings. The van der Waals surface area contributed by atoms with Gasteiger partial charge in [0.05, 0.1) is 11.1 Å². The summed E-state index contributed by atoms with van der Waals surface area (Å²) in [6.07, 6.45) is 9.30. The number of anilines is 1. The lowest BCUT2D eigenvalue weighted by atomic mass is 9.89. The maximum Gasteiger partial charge on any atom is 0.286 e. The molecule has 2 heterocycles. The largest absolute Gasteiger partial charge is 0.423 e. The molecule has 0 unspecified atom stereocenters. The van der Waals surface area contributed by atoms with E-state index in [2.05, 4.69) is 15.3 Å². The Morgan fingerprint density at radius 1 is 1.35 bits per heavy atom. The zero-order valence-corrected chi connectivity index (χ0v) is 11.2. The van der Waals surface area contributed by atoms with Crippen LogP contribution in [0.3, 0.4) is 0 Å². The summed E-state index contributed by atoms with van der Waals surface area (Å²) in [4.78, 5) is 19.6. The van der Waals surface area contributed by atoms with Gasteiger partial charge in [0.1, 0.15) is 6.33 Å². The third-order valence-corrected chi connectivity index (χ3v) is 3.96. The molecule has 1 aliphatic rings. The molecule has 1 aliphatic carbocycles. The molecule has 106 valence electrons. The molecule has 2 N–H and O–H groups in total. The predicted molar refractivity (Wildman–Crippen MR) is 76.0 cm³/mol. The van der Waals surface area contributed by atoms with Crippen LogP contribution in [0.4, 0.5) is 5.69 Å². The minimum atomic E-state index is -0.484. The first-order chi connectivity index (χ1) is 9.75. The predicted octanol–water partition coefficient (Wildman–Crippen LogP) is 2.02. The van der Waals surface area contributed by atoms with Gasteiger partial charge in [0, 0.05) is 18.8 Å². The normalized spacial score (nSPS) is 16.4. The minimum absolute atomic E-state index is 0.235. The number of pyridine rings is 1. The number of hydrogen-bond donors (Lipinski definition) is 2. The Morgan fingerprint density at radius 3 is 2.95 bits per heavy atom. The lowest BCUT2D eigenvalue weighted by Gasteiger charge is -2.22. The molecule has 0 radical (unpaired) electrons. The molecule has 1 saturated carbocycles. The van der Waals surface area contributed by atoms with Gasteiger partial charge in [-0.2, -0.15) is 0 Å². The number of fused-ring (bicyclic) bond motifs is 1. The molecule has 0 saturated heterocycles. The van der Waals surface area contributed by atoms with Gasteiger partial charge in [0.15, 0.2) is 5.65 Å². The Hall–Kier alpha value is -2.11. The van der Waals surface area contributed by atoms with E-state index in [9.17, 15) is 10.0 Å². The van der Waals surface area contributed by atoms with Crippen molar-refractivity contribution in [3.8, 4) is 0 Å². The molecule has 6 heteroatoms. The van der Waals surface area contributed by atoms with Crippen LogP contribution < -0.4 is 10.9 Å². The van der Waals surface area contributed by atoms with E-state index in [0.717, 1.165) is 6.54 Å². The molecule has 0 amide bonds. The first kappa shape index (κ1) is 12.9. The van der Waals surface area contributed by atoms with Crippen LogP contribution in [-0.4, -0.2) is 26.5 Å². The maximum absolute atomic E-state index is 11.7. The van der Waals surface area contributed by atoms with Crippen LogP contribution >= 0.6 is 0 Å². The standard InChI is InChI=1S/C14H18N4O2/c19-13-6-12(16-7-10-4-2-1-3-5-10)11-8-15-9-17-14(11)18(13)20/h6,8-10,16,20H,1-5,7H2. The lowest BCUT2D eigenvalue weighted by Crippen LogP contribution is -2.22. The fraction of sp³-hybridized carbons (Fsp3) is 0.500. The summed E-state index contributed by atoms with van der Waals surface area (Å²) in [5.74, 6) is 0.653. The first-order valence-corrected chi connectivity index (χ1v) is 7.04. The van der Waals surface area contributed by atoms with Crippen LogP contribution in [0, 0.1) is 5.92 Å². The second kappa shape index (κ2) is 5.48. The van der Waals surface area contributed by atoms with E-state index in [0.29, 0.717) is 21.7 Å². The molecule has 20 heavy (non-hydrogen) atoms. The molecule has 0 aromatic carbocycles. The van der Waals surface area contributed by atoms with E-state index < -0.39 is 5.56 Å². The van der Waals surface area contributed by atoms with Crippen LogP contribution in [0.1, 0.15) is 32.1 Å². The Balaban J connectivity index is 1.87. The van der Waals surface area contributed by atoms with E-state index in [1.807, 2.05) is 0 Å². The van der Waals surface area contributed by atoms with Gasteiger partial charge in [0.25, 0.3) is 5.56 Å². The van der Waals surface area contributed by atoms with Gasteiger partial charge in [0.2, 0.25) is 0 Å². The van der Waals surface area contributed by atoms with Crippen molar-refractivity contribution in [1.82, 2.24) is 14.7 Å². The highest BCUT2D eigenvalue weighted by molar-refractivity contribution is 5.87. The fourth-order valence-electron chi connectivity index (χ4n) is 2.84. The first-order valence-electron chi connectivity index (χ1n) is 7.04. The van der Waals surface area contributed by atoms with Crippen molar-refractivity contribution in [2.24, 2.45) is 5.92 Å². The quantitative estimate of drug-likeness (QED) is 0.837. The monoisotopic (exact) mass is 274 g/mol. The van der Waals surface area contributed by atoms with Gasteiger partial charge in [-0.3, -0.25) is 4.79 Å². The summed E-state index contributed by atoms with van der Waals surface area (Å²) >= 11 is 0. The molecule has 0 aliphatic heterocycles. The average Bonchev–Trinajstić information content (AvgIpc) is 2.50. The summed E-state index contributed by atoms with van der Waals surface area (Å²) in [5, 5.41) is 13.7. The maximum atomic E-state index is 11.7. The van der Waals surface area contributed by atoms with Crippen LogP contribution in [0.5, 0.6) is 0 Å². The fourth-order valence-corrected chi connectivity index (χ4v) is 2.84. The second-order valence-corrected chi connectivity index (χ2v) is 5.35. The summed E-state index contributed by atoms with van der Waals surface area (Å²) in [5.41, 5.74) is 0.447. The summed E-state index contributed by atoms with van der Waals surface area (Å²) < 4.78 is 0.558. The topological polar surface area (TPSA) is 80.0 Å². The molecular formula is C14H18N4O2. The Labute approximate surface area is 116 Å². The number of rotatable bonds is 3. The van der Waals surface area contributed by atoms with Gasteiger partial charge in [-0.05, 0) is 18.8 Å². The van der Waals surface area contributed by atoms with Crippen molar-refractivity contribution in [2.45, 2.75) is 32.1 Å². The van der Waals surface area contributed by atoms with Crippen molar-refractivity contribution in [3.05, 3.63) is 28.9 Å². The number of aromatic nitrogens is 3. The van der Waals surface area contributed by atoms with Crippen LogP contribution in [0.15, 0.2) is 23.4 Å². The van der Waals surface area contributed by atoms with E-state index in [4.69, 9.17) is 0 Å². The van der Waals surface area contributed by atoms with E-state index in [1.165, 1.54) is 44.5 Å². The second-order valence-electron chi connectivity index (χ2n) is 5.35. The van der Waals surface area contributed by atoms with Crippen molar-refractivity contribution in [3.63, 3.8) is 0 Å². The minimum Gasteiger partial charge on any atom is -0.423 e. The third-order valence-electron chi connectivity index (χ3n) is 3.96. The van der Waals surface area contributed by atoms with Crippen molar-refractivity contribution < 1.29 is 5.21 Å². The zero-order valence-electron chi connectivity index (χ0n) is 11.2. The highest BCUT2D eigenvalue weighted by Crippen LogP contribution is 2.25. The summed E-state index contributed by atoms with van der Waals surface area (Å²) in [6.45, 7) is 0.846. The highest BCUT2D eigenvalue weighted by atomic mass is 16.5. The number of hydrogen-bond acceptors (Lipinski definition) is 5. The Morgan fingerprint density at radius 2 is 2.15 bits per heavy atom. The van der Waals surface area contributed by atoms with Crippen molar-refractivity contribution >= 4 is 16.7 Å². The molecule has 0 bridgehead atoms. The van der Waals surface area contributed by atoms with Gasteiger partial charge in [-0.25, -0.2) is 9.97 Å². The molecule has 3 rings (SSSR count). The molecule has 0 atom stereocenters. The smallest absolute Gasteiger partial charge is 0.286 e. The van der Waals surface area contributed by atoms with Gasteiger partial charge < -0.3 is 10.5 Å². The Bertz CT molecular complexity index is 662. The van der Waals surface area contributed by atoms with Crippen molar-refractivity contribution in [1.29, 1.82) is 0 Å². The number of nitrogens with one attached hydrogen (secondary N) is 1. The van der Waals surface area contributed by atoms with Gasteiger partial charge in [-0.15, -0.1) is 4.73 Å². The summed E-state index contributed by atoms with van der Waals surface area (Å²) in [7, 11) is 0. The SMILES string of the molecule is O=c1cc(NCC2CCCCC2)c2cncnc2n1O. The summed E-state index contributed by atoms with van der Waals surface area (Å²) in [6, 6.07) is 1.40. The Kier molecular flexibility index (Phi) is 3.54. The molecule has 6 nitrogen and oxygen atoms in total. The highest BCUT2D eigenvalue weighted by Gasteiger charge is 2.15. The van der Waals surface area contributed by atoms with Gasteiger partial charge >= 0.3 is 0 Å². The zero-order chi connectivity index (χ0) is 13.9. The van der Waals surface area contributed by atoms with Crippen LogP contribution in [0.2, 0.25) is 0 Å². The van der Waals surface area contributed by atoms with E-state index in [1.54, 1.807) is 6.20 Å². The van der Waals surface area contributed by atoms with Crippen LogP contribution in [0.25, 0.3) is 11.0 Å². The number of nitrogens with zero attached hydrogens (tertiary/aromatic N) is 3. The third kappa shape index (κ3) is 2.45. The van der Waals surface area contributed by atoms with E-state index >= 15 is 0 Å². The van der Waals surface area contributed by atoms with E-state index in [-0.39, 0.29) is 5.65 Å². The van der Waals surface area contributed by atoms with Crippen LogP contribution in [-0.2, 0) is 0 Å². The van der Waals surface area contributed by atoms with Crippen molar-refractivity contribution in [2.75, 3.05) is 11.9 Å². The molecular weight excluding hydrogens is 256 g/mol. The molecule has 2 aromatic rings. The lowest BCUT2D eigenvalue weighted by molar-refractivity contribution is 0.186. The van der Waals surface area contributed by atoms with Gasteiger partial charge in [-0.1, -0.05) is 19.3 Å². The average molecular weight is 274 g/mol. The molecule has 2 aromatic heterocycles. The molecule has 0 spiro atoms.